The van der Waals surface area contributed by atoms with Crippen molar-refractivity contribution in [3.8, 4) is 39.5 Å². The van der Waals surface area contributed by atoms with Gasteiger partial charge in [-0.2, -0.15) is 0 Å². The van der Waals surface area contributed by atoms with Crippen LogP contribution in [0.5, 0.6) is 0 Å². The van der Waals surface area contributed by atoms with E-state index in [-0.39, 0.29) is 0 Å². The average molecular weight is 780 g/mol. The summed E-state index contributed by atoms with van der Waals surface area (Å²) in [6.07, 6.45) is 0. The van der Waals surface area contributed by atoms with Crippen molar-refractivity contribution in [2.24, 2.45) is 0 Å². The van der Waals surface area contributed by atoms with Gasteiger partial charge in [-0.3, -0.25) is 0 Å². The minimum Gasteiger partial charge on any atom is -0.309 e. The van der Waals surface area contributed by atoms with Crippen molar-refractivity contribution in [3.63, 3.8) is 0 Å². The van der Waals surface area contributed by atoms with Gasteiger partial charge in [0.25, 0.3) is 0 Å². The van der Waals surface area contributed by atoms with E-state index in [4.69, 9.17) is 9.97 Å². The van der Waals surface area contributed by atoms with Crippen LogP contribution in [0.3, 0.4) is 0 Å². The van der Waals surface area contributed by atoms with E-state index in [2.05, 4.69) is 205 Å². The molecule has 0 atom stereocenters. The molecule has 0 N–H and O–H groups in total. The Morgan fingerprint density at radius 3 is 1.85 bits per heavy atom. The molecular weight excluding hydrogens is 747 g/mol. The van der Waals surface area contributed by atoms with Crippen LogP contribution < -0.4 is 0 Å². The summed E-state index contributed by atoms with van der Waals surface area (Å²) in [5, 5.41) is 13.8. The van der Waals surface area contributed by atoms with Gasteiger partial charge in [-0.1, -0.05) is 164 Å². The van der Waals surface area contributed by atoms with Crippen LogP contribution >= 0.6 is 11.3 Å². The zero-order chi connectivity index (χ0) is 39.3. The second kappa shape index (κ2) is 12.9. The molecule has 13 aromatic rings. The summed E-state index contributed by atoms with van der Waals surface area (Å²) in [5.74, 6) is 0.710. The molecule has 0 aliphatic rings. The molecule has 0 amide bonds. The second-order valence-electron chi connectivity index (χ2n) is 15.7. The molecule has 60 heavy (non-hydrogen) atoms. The highest BCUT2D eigenvalue weighted by molar-refractivity contribution is 7.26. The number of nitrogens with zero attached hydrogens (tertiary/aromatic N) is 3. The van der Waals surface area contributed by atoms with Gasteiger partial charge in [-0.25, -0.2) is 9.97 Å². The highest BCUT2D eigenvalue weighted by Gasteiger charge is 2.21. The molecule has 0 saturated heterocycles. The van der Waals surface area contributed by atoms with E-state index in [0.29, 0.717) is 5.82 Å². The van der Waals surface area contributed by atoms with Crippen LogP contribution in [0.25, 0.3) is 125 Å². The maximum Gasteiger partial charge on any atom is 0.160 e. The standard InChI is InChI=1S/C56H33N3S/c1-2-20-39-34(14-1)15-13-27-40(39)35-16-11-17-36(32-35)53-55-54(47-26-8-10-29-50(47)60-55)58-56(57-53)37-18-12-19-38(33-37)59-48-28-9-7-25-46(48)52-49(59)31-30-45-43-23-4-3-21-41(43)42-22-5-6-24-44(42)51(45)52/h1-33H. The van der Waals surface area contributed by atoms with Crippen molar-refractivity contribution in [2.75, 3.05) is 0 Å². The Kier molecular flexibility index (Phi) is 7.18. The molecule has 0 fully saturated rings. The van der Waals surface area contributed by atoms with Crippen LogP contribution in [0.2, 0.25) is 0 Å². The van der Waals surface area contributed by atoms with E-state index in [1.807, 2.05) is 0 Å². The molecule has 0 bridgehead atoms. The number of benzene rings is 10. The Labute approximate surface area is 349 Å². The number of rotatable bonds is 4. The van der Waals surface area contributed by atoms with Crippen LogP contribution in [0.15, 0.2) is 200 Å². The van der Waals surface area contributed by atoms with Gasteiger partial charge in [0.2, 0.25) is 0 Å². The Morgan fingerprint density at radius 1 is 0.383 bits per heavy atom. The molecular formula is C56H33N3S. The number of hydrogen-bond donors (Lipinski definition) is 0. The summed E-state index contributed by atoms with van der Waals surface area (Å²) >= 11 is 1.77. The van der Waals surface area contributed by atoms with Crippen molar-refractivity contribution in [3.05, 3.63) is 200 Å². The van der Waals surface area contributed by atoms with Crippen LogP contribution in [-0.2, 0) is 0 Å². The van der Waals surface area contributed by atoms with Gasteiger partial charge in [-0.05, 0) is 85.2 Å². The topological polar surface area (TPSA) is 30.7 Å². The van der Waals surface area contributed by atoms with Crippen molar-refractivity contribution < 1.29 is 0 Å². The maximum absolute atomic E-state index is 5.47. The third-order valence-corrected chi connectivity index (χ3v) is 13.5. The van der Waals surface area contributed by atoms with E-state index in [1.54, 1.807) is 11.3 Å². The fourth-order valence-electron chi connectivity index (χ4n) is 9.74. The van der Waals surface area contributed by atoms with Gasteiger partial charge < -0.3 is 4.57 Å². The third-order valence-electron chi connectivity index (χ3n) is 12.4. The quantitative estimate of drug-likeness (QED) is 0.167. The fraction of sp³-hybridized carbons (Fsp3) is 0. The van der Waals surface area contributed by atoms with Gasteiger partial charge in [-0.15, -0.1) is 11.3 Å². The van der Waals surface area contributed by atoms with Crippen molar-refractivity contribution >= 4 is 96.5 Å². The van der Waals surface area contributed by atoms with Crippen LogP contribution in [0.4, 0.5) is 0 Å². The number of aromatic nitrogens is 3. The van der Waals surface area contributed by atoms with Crippen molar-refractivity contribution in [1.29, 1.82) is 0 Å². The lowest BCUT2D eigenvalue weighted by Crippen LogP contribution is -1.97. The first-order valence-corrected chi connectivity index (χ1v) is 21.2. The highest BCUT2D eigenvalue weighted by atomic mass is 32.1. The SMILES string of the molecule is c1cc(-c2cccc3ccccc23)cc(-c2nc(-c3cccc(-n4c5ccccc5c5c6c7ccccc7c7ccccc7c6ccc54)c3)nc3c2sc2ccccc23)c1. The van der Waals surface area contributed by atoms with Gasteiger partial charge in [0.15, 0.2) is 5.82 Å². The van der Waals surface area contributed by atoms with E-state index < -0.39 is 0 Å². The largest absolute Gasteiger partial charge is 0.309 e. The summed E-state index contributed by atoms with van der Waals surface area (Å²) in [6.45, 7) is 0. The molecule has 0 spiro atoms. The normalized spacial score (nSPS) is 12.0. The minimum absolute atomic E-state index is 0.710. The van der Waals surface area contributed by atoms with Crippen molar-refractivity contribution in [2.45, 2.75) is 0 Å². The van der Waals surface area contributed by atoms with Crippen molar-refractivity contribution in [1.82, 2.24) is 14.5 Å². The molecule has 0 aliphatic carbocycles. The number of para-hydroxylation sites is 1. The van der Waals surface area contributed by atoms with Crippen LogP contribution in [-0.4, -0.2) is 14.5 Å². The first-order valence-electron chi connectivity index (χ1n) is 20.4. The monoisotopic (exact) mass is 779 g/mol. The lowest BCUT2D eigenvalue weighted by atomic mass is 9.92. The molecule has 0 radical (unpaired) electrons. The Balaban J connectivity index is 1.04. The molecule has 10 aromatic carbocycles. The summed E-state index contributed by atoms with van der Waals surface area (Å²) < 4.78 is 4.72. The fourth-order valence-corrected chi connectivity index (χ4v) is 10.9. The minimum atomic E-state index is 0.710. The molecule has 0 saturated carbocycles. The lowest BCUT2D eigenvalue weighted by molar-refractivity contribution is 1.17. The highest BCUT2D eigenvalue weighted by Crippen LogP contribution is 2.45. The Hall–Kier alpha value is -7.66. The van der Waals surface area contributed by atoms with Crippen LogP contribution in [0.1, 0.15) is 0 Å². The molecule has 3 heterocycles. The molecule has 4 heteroatoms. The number of fused-ring (bicyclic) bond motifs is 14. The molecule has 0 aliphatic heterocycles. The Morgan fingerprint density at radius 2 is 1.00 bits per heavy atom. The van der Waals surface area contributed by atoms with E-state index >= 15 is 0 Å². The molecule has 3 aromatic heterocycles. The Bertz CT molecular complexity index is 3870. The molecule has 278 valence electrons. The lowest BCUT2D eigenvalue weighted by Gasteiger charge is -2.13. The predicted molar refractivity (Wildman–Crippen MR) is 256 cm³/mol. The zero-order valence-electron chi connectivity index (χ0n) is 32.3. The summed E-state index contributed by atoms with van der Waals surface area (Å²) in [5.41, 5.74) is 9.77. The van der Waals surface area contributed by atoms with Gasteiger partial charge in [0, 0.05) is 43.1 Å². The first-order chi connectivity index (χ1) is 29.8. The first kappa shape index (κ1) is 33.3. The number of thiophene rings is 1. The summed E-state index contributed by atoms with van der Waals surface area (Å²) in [4.78, 5) is 10.9. The van der Waals surface area contributed by atoms with Gasteiger partial charge in [0.1, 0.15) is 0 Å². The summed E-state index contributed by atoms with van der Waals surface area (Å²) in [6, 6.07) is 72.5. The third kappa shape index (κ3) is 4.89. The smallest absolute Gasteiger partial charge is 0.160 e. The van der Waals surface area contributed by atoms with Gasteiger partial charge >= 0.3 is 0 Å². The number of hydrogen-bond acceptors (Lipinski definition) is 3. The van der Waals surface area contributed by atoms with E-state index in [1.165, 1.54) is 80.7 Å². The van der Waals surface area contributed by atoms with E-state index in [0.717, 1.165) is 38.1 Å². The average Bonchev–Trinajstić information content (AvgIpc) is 3.87. The van der Waals surface area contributed by atoms with Crippen LogP contribution in [0, 0.1) is 0 Å². The van der Waals surface area contributed by atoms with E-state index in [9.17, 15) is 0 Å². The second-order valence-corrected chi connectivity index (χ2v) is 16.7. The maximum atomic E-state index is 5.47. The summed E-state index contributed by atoms with van der Waals surface area (Å²) in [7, 11) is 0. The predicted octanol–water partition coefficient (Wildman–Crippen LogP) is 15.6. The molecule has 0 unspecified atom stereocenters. The van der Waals surface area contributed by atoms with Gasteiger partial charge in [0.05, 0.1) is 26.9 Å². The zero-order valence-corrected chi connectivity index (χ0v) is 33.1. The molecule has 3 nitrogen and oxygen atoms in total. The molecule has 13 rings (SSSR count).